The van der Waals surface area contributed by atoms with Crippen LogP contribution in [-0.4, -0.2) is 51.0 Å². The highest BCUT2D eigenvalue weighted by molar-refractivity contribution is 6.07. The second-order valence-electron chi connectivity index (χ2n) is 8.11. The van der Waals surface area contributed by atoms with Crippen molar-refractivity contribution in [2.45, 2.75) is 0 Å². The number of halogens is 2. The second kappa shape index (κ2) is 9.96. The zero-order chi connectivity index (χ0) is 23.4. The lowest BCUT2D eigenvalue weighted by molar-refractivity contribution is 0.104. The zero-order valence-corrected chi connectivity index (χ0v) is 18.7. The predicted molar refractivity (Wildman–Crippen MR) is 128 cm³/mol. The van der Waals surface area contributed by atoms with E-state index >= 15 is 0 Å². The Balaban J connectivity index is 1.68. The van der Waals surface area contributed by atoms with Crippen molar-refractivity contribution in [2.24, 2.45) is 0 Å². The number of rotatable bonds is 6. The summed E-state index contributed by atoms with van der Waals surface area (Å²) in [5.41, 5.74) is 3.64. The summed E-state index contributed by atoms with van der Waals surface area (Å²) in [7, 11) is 3.54. The molecule has 1 aliphatic heterocycles. The average molecular weight is 449 g/mol. The standard InChI is InChI=1S/C27H26F2N2O2/c1-30-13-15-31(16-14-30)26-11-5-20(19-3-7-22(28)8-4-19)17-21(26)6-12-27(32)24-10-9-23(33-2)18-25(24)29/h3-12,17-18H,13-16H2,1-2H3/b12-6+. The molecule has 0 saturated carbocycles. The molecule has 0 unspecified atom stereocenters. The number of benzene rings is 3. The quantitative estimate of drug-likeness (QED) is 0.379. The van der Waals surface area contributed by atoms with Crippen LogP contribution < -0.4 is 9.64 Å². The third kappa shape index (κ3) is 5.29. The van der Waals surface area contributed by atoms with Crippen LogP contribution in [-0.2, 0) is 0 Å². The van der Waals surface area contributed by atoms with Crippen molar-refractivity contribution in [1.82, 2.24) is 4.90 Å². The van der Waals surface area contributed by atoms with Crippen LogP contribution in [0.3, 0.4) is 0 Å². The summed E-state index contributed by atoms with van der Waals surface area (Å²) in [6, 6.07) is 16.5. The van der Waals surface area contributed by atoms with Crippen molar-refractivity contribution in [3.05, 3.63) is 89.5 Å². The number of allylic oxidation sites excluding steroid dienone is 1. The molecule has 0 spiro atoms. The van der Waals surface area contributed by atoms with Crippen LogP contribution in [0.4, 0.5) is 14.5 Å². The number of piperazine rings is 1. The first kappa shape index (κ1) is 22.7. The first-order valence-corrected chi connectivity index (χ1v) is 10.8. The number of hydrogen-bond acceptors (Lipinski definition) is 4. The van der Waals surface area contributed by atoms with E-state index in [1.807, 2.05) is 18.2 Å². The molecule has 4 rings (SSSR count). The fourth-order valence-electron chi connectivity index (χ4n) is 3.92. The molecule has 170 valence electrons. The van der Waals surface area contributed by atoms with E-state index in [-0.39, 0.29) is 11.4 Å². The minimum atomic E-state index is -0.622. The minimum Gasteiger partial charge on any atom is -0.497 e. The largest absolute Gasteiger partial charge is 0.497 e. The maximum Gasteiger partial charge on any atom is 0.188 e. The van der Waals surface area contributed by atoms with E-state index in [4.69, 9.17) is 4.74 Å². The van der Waals surface area contributed by atoms with Gasteiger partial charge >= 0.3 is 0 Å². The molecule has 0 bridgehead atoms. The van der Waals surface area contributed by atoms with Crippen LogP contribution in [0.5, 0.6) is 5.75 Å². The highest BCUT2D eigenvalue weighted by atomic mass is 19.1. The maximum atomic E-state index is 14.4. The van der Waals surface area contributed by atoms with Gasteiger partial charge in [0, 0.05) is 37.9 Å². The molecule has 0 amide bonds. The highest BCUT2D eigenvalue weighted by Gasteiger charge is 2.17. The molecule has 1 fully saturated rings. The molecular formula is C27H26F2N2O2. The number of likely N-dealkylation sites (N-methyl/N-ethyl adjacent to an activating group) is 1. The molecule has 0 aromatic heterocycles. The monoisotopic (exact) mass is 448 g/mol. The van der Waals surface area contributed by atoms with Crippen molar-refractivity contribution in [2.75, 3.05) is 45.2 Å². The predicted octanol–water partition coefficient (Wildman–Crippen LogP) is 5.29. The Morgan fingerprint density at radius 3 is 2.27 bits per heavy atom. The van der Waals surface area contributed by atoms with Gasteiger partial charge < -0.3 is 14.5 Å². The molecule has 3 aromatic rings. The van der Waals surface area contributed by atoms with Crippen LogP contribution in [0.2, 0.25) is 0 Å². The summed E-state index contributed by atoms with van der Waals surface area (Å²) < 4.78 is 32.7. The van der Waals surface area contributed by atoms with Gasteiger partial charge in [0.05, 0.1) is 12.7 Å². The van der Waals surface area contributed by atoms with Crippen LogP contribution in [0, 0.1) is 11.6 Å². The van der Waals surface area contributed by atoms with E-state index in [9.17, 15) is 13.6 Å². The van der Waals surface area contributed by atoms with E-state index < -0.39 is 11.6 Å². The molecule has 3 aromatic carbocycles. The van der Waals surface area contributed by atoms with E-state index in [1.54, 1.807) is 24.3 Å². The van der Waals surface area contributed by atoms with Gasteiger partial charge in [-0.15, -0.1) is 0 Å². The smallest absolute Gasteiger partial charge is 0.188 e. The van der Waals surface area contributed by atoms with Gasteiger partial charge in [0.25, 0.3) is 0 Å². The average Bonchev–Trinajstić information content (AvgIpc) is 2.83. The SMILES string of the molecule is COc1ccc(C(=O)/C=C/c2cc(-c3ccc(F)cc3)ccc2N2CCN(C)CC2)c(F)c1. The number of carbonyl (C=O) groups excluding carboxylic acids is 1. The molecular weight excluding hydrogens is 422 g/mol. The molecule has 6 heteroatoms. The Kier molecular flexibility index (Phi) is 6.84. The number of methoxy groups -OCH3 is 1. The van der Waals surface area contributed by atoms with Crippen LogP contribution >= 0.6 is 0 Å². The van der Waals surface area contributed by atoms with Crippen LogP contribution in [0.1, 0.15) is 15.9 Å². The summed E-state index contributed by atoms with van der Waals surface area (Å²) in [6.45, 7) is 3.63. The number of carbonyl (C=O) groups is 1. The Labute approximate surface area is 192 Å². The van der Waals surface area contributed by atoms with E-state index in [2.05, 4.69) is 16.8 Å². The van der Waals surface area contributed by atoms with E-state index in [0.29, 0.717) is 5.75 Å². The topological polar surface area (TPSA) is 32.8 Å². The first-order valence-electron chi connectivity index (χ1n) is 10.8. The fraction of sp³-hybridized carbons (Fsp3) is 0.222. The Morgan fingerprint density at radius 2 is 1.61 bits per heavy atom. The van der Waals surface area contributed by atoms with Gasteiger partial charge in [0.15, 0.2) is 5.78 Å². The molecule has 1 heterocycles. The van der Waals surface area contributed by atoms with Gasteiger partial charge in [-0.05, 0) is 72.3 Å². The molecule has 0 radical (unpaired) electrons. The third-order valence-corrected chi connectivity index (χ3v) is 5.91. The molecule has 33 heavy (non-hydrogen) atoms. The normalized spacial score (nSPS) is 14.6. The zero-order valence-electron chi connectivity index (χ0n) is 18.7. The van der Waals surface area contributed by atoms with E-state index in [0.717, 1.165) is 48.6 Å². The summed E-state index contributed by atoms with van der Waals surface area (Å²) >= 11 is 0. The van der Waals surface area contributed by atoms with Crippen molar-refractivity contribution < 1.29 is 18.3 Å². The second-order valence-corrected chi connectivity index (χ2v) is 8.11. The molecule has 1 saturated heterocycles. The molecule has 0 N–H and O–H groups in total. The lowest BCUT2D eigenvalue weighted by atomic mass is 10.00. The number of nitrogens with zero attached hydrogens (tertiary/aromatic N) is 2. The number of ketones is 1. The first-order chi connectivity index (χ1) is 15.9. The fourth-order valence-corrected chi connectivity index (χ4v) is 3.92. The molecule has 1 aliphatic rings. The summed E-state index contributed by atoms with van der Waals surface area (Å²) in [4.78, 5) is 17.3. The van der Waals surface area contributed by atoms with Crippen LogP contribution in [0.15, 0.2) is 66.7 Å². The van der Waals surface area contributed by atoms with Crippen molar-refractivity contribution in [3.8, 4) is 16.9 Å². The van der Waals surface area contributed by atoms with Gasteiger partial charge in [-0.2, -0.15) is 0 Å². The van der Waals surface area contributed by atoms with Gasteiger partial charge in [0.2, 0.25) is 0 Å². The van der Waals surface area contributed by atoms with Gasteiger partial charge in [-0.25, -0.2) is 8.78 Å². The Morgan fingerprint density at radius 1 is 0.909 bits per heavy atom. The van der Waals surface area contributed by atoms with E-state index in [1.165, 1.54) is 37.5 Å². The van der Waals surface area contributed by atoms with Gasteiger partial charge in [0.1, 0.15) is 17.4 Å². The Bertz CT molecular complexity index is 1170. The molecule has 4 nitrogen and oxygen atoms in total. The lowest BCUT2D eigenvalue weighted by Crippen LogP contribution is -2.44. The summed E-state index contributed by atoms with van der Waals surface area (Å²) in [6.07, 6.45) is 3.13. The molecule has 0 atom stereocenters. The lowest BCUT2D eigenvalue weighted by Gasteiger charge is -2.35. The molecule has 0 aliphatic carbocycles. The van der Waals surface area contributed by atoms with Crippen molar-refractivity contribution in [3.63, 3.8) is 0 Å². The maximum absolute atomic E-state index is 14.4. The summed E-state index contributed by atoms with van der Waals surface area (Å²) in [5, 5.41) is 0. The number of hydrogen-bond donors (Lipinski definition) is 0. The van der Waals surface area contributed by atoms with Crippen molar-refractivity contribution in [1.29, 1.82) is 0 Å². The van der Waals surface area contributed by atoms with Gasteiger partial charge in [-0.1, -0.05) is 18.2 Å². The van der Waals surface area contributed by atoms with Gasteiger partial charge in [-0.3, -0.25) is 4.79 Å². The summed E-state index contributed by atoms with van der Waals surface area (Å²) in [5.74, 6) is -0.979. The Hall–Kier alpha value is -3.51. The van der Waals surface area contributed by atoms with Crippen LogP contribution in [0.25, 0.3) is 17.2 Å². The van der Waals surface area contributed by atoms with Crippen molar-refractivity contribution >= 4 is 17.5 Å². The third-order valence-electron chi connectivity index (χ3n) is 5.91. The number of ether oxygens (including phenoxy) is 1. The number of anilines is 1. The highest BCUT2D eigenvalue weighted by Crippen LogP contribution is 2.30. The minimum absolute atomic E-state index is 0.0112.